The summed E-state index contributed by atoms with van der Waals surface area (Å²) < 4.78 is 19.1. The molecule has 3 unspecified atom stereocenters. The smallest absolute Gasteiger partial charge is 0.344 e. The van der Waals surface area contributed by atoms with E-state index in [-0.39, 0.29) is 28.9 Å². The van der Waals surface area contributed by atoms with Crippen LogP contribution in [0.1, 0.15) is 135 Å². The predicted molar refractivity (Wildman–Crippen MR) is 416 cm³/mol. The molecule has 0 aliphatic rings. The minimum Gasteiger partial charge on any atom is -0.368 e. The molecule has 0 aliphatic carbocycles. The maximum atomic E-state index is 13.1. The molecule has 0 spiro atoms. The van der Waals surface area contributed by atoms with E-state index in [9.17, 15) is 24.0 Å². The van der Waals surface area contributed by atoms with E-state index in [1.165, 1.54) is 6.07 Å². The van der Waals surface area contributed by atoms with Crippen LogP contribution in [0.2, 0.25) is 15.1 Å². The highest BCUT2D eigenvalue weighted by atomic mass is 35.5. The Bertz CT molecular complexity index is 5000. The van der Waals surface area contributed by atoms with Crippen LogP contribution in [-0.4, -0.2) is 59.1 Å². The second-order valence-electron chi connectivity index (χ2n) is 28.3. The molecule has 9 aromatic carbocycles. The molecule has 0 aliphatic heterocycles. The van der Waals surface area contributed by atoms with Crippen LogP contribution in [0.4, 0.5) is 5.95 Å². The Kier molecular flexibility index (Phi) is 22.6. The molecular formula is C85H83Cl3N6O8. The average molecular weight is 1420 g/mol. The predicted octanol–water partition coefficient (Wildman–Crippen LogP) is 20.9. The topological polar surface area (TPSA) is 209 Å². The summed E-state index contributed by atoms with van der Waals surface area (Å²) >= 11 is 18.6. The molecule has 14 nitrogen and oxygen atoms in total. The van der Waals surface area contributed by atoms with Gasteiger partial charge >= 0.3 is 5.69 Å². The van der Waals surface area contributed by atoms with E-state index in [0.29, 0.717) is 15.1 Å². The van der Waals surface area contributed by atoms with E-state index in [0.717, 1.165) is 132 Å². The molecule has 3 atom stereocenters. The summed E-state index contributed by atoms with van der Waals surface area (Å²) in [4.78, 5) is 80.4. The molecular weight excluding hydrogens is 1340 g/mol. The number of nitrogen functional groups attached to an aromatic ring is 1. The van der Waals surface area contributed by atoms with Crippen LogP contribution in [0.25, 0.3) is 99.1 Å². The van der Waals surface area contributed by atoms with Gasteiger partial charge in [0, 0.05) is 79.9 Å². The minimum absolute atomic E-state index is 0.0666. The number of H-pyrrole nitrogens is 2. The van der Waals surface area contributed by atoms with Crippen molar-refractivity contribution < 1.29 is 28.6 Å². The molecule has 522 valence electrons. The Morgan fingerprint density at radius 1 is 0.373 bits per heavy atom. The second kappa shape index (κ2) is 30.8. The molecule has 0 amide bonds. The Morgan fingerprint density at radius 2 is 0.647 bits per heavy atom. The summed E-state index contributed by atoms with van der Waals surface area (Å²) in [5, 5.41) is 7.93. The summed E-state index contributed by atoms with van der Waals surface area (Å²) in [5.74, 6) is -0.0191. The lowest BCUT2D eigenvalue weighted by Crippen LogP contribution is -2.27. The van der Waals surface area contributed by atoms with Crippen molar-refractivity contribution in [2.75, 3.05) is 5.73 Å². The number of aromatic amines is 2. The number of anilines is 1. The van der Waals surface area contributed by atoms with Crippen LogP contribution in [-0.2, 0) is 28.6 Å². The van der Waals surface area contributed by atoms with Crippen molar-refractivity contribution in [1.82, 2.24) is 24.9 Å². The van der Waals surface area contributed by atoms with E-state index < -0.39 is 40.8 Å². The van der Waals surface area contributed by atoms with E-state index >= 15 is 0 Å². The van der Waals surface area contributed by atoms with Gasteiger partial charge in [0.25, 0.3) is 0 Å². The first kappa shape index (κ1) is 74.9. The van der Waals surface area contributed by atoms with Crippen LogP contribution >= 0.6 is 34.8 Å². The molecule has 4 N–H and O–H groups in total. The molecule has 0 saturated heterocycles. The number of ketones is 3. The second-order valence-corrected chi connectivity index (χ2v) is 29.6. The Labute approximate surface area is 609 Å². The van der Waals surface area contributed by atoms with E-state index in [2.05, 4.69) is 49.2 Å². The number of hydrogen-bond acceptors (Lipinski definition) is 12. The Morgan fingerprint density at radius 3 is 0.922 bits per heavy atom. The number of rotatable bonds is 15. The normalized spacial score (nSPS) is 12.6. The molecule has 0 fully saturated rings. The Balaban J connectivity index is 0.000000165. The van der Waals surface area contributed by atoms with Gasteiger partial charge in [-0.3, -0.25) is 19.2 Å². The number of nitrogens with two attached hydrogens (primary N) is 1. The summed E-state index contributed by atoms with van der Waals surface area (Å²) in [6.45, 7) is 28.2. The van der Waals surface area contributed by atoms with Crippen molar-refractivity contribution in [1.29, 1.82) is 0 Å². The number of Topliss-reactive ketones (excluding diaryl/α,β-unsaturated/α-hetero) is 3. The number of nitrogens with one attached hydrogen (secondary N) is 2. The number of pyridine rings is 1. The average Bonchev–Trinajstić information content (AvgIpc) is 0.749. The third-order valence-corrected chi connectivity index (χ3v) is 18.0. The summed E-state index contributed by atoms with van der Waals surface area (Å²) in [7, 11) is 0. The summed E-state index contributed by atoms with van der Waals surface area (Å²) in [5.41, 5.74) is 19.7. The number of nitrogens with zero attached hydrogens (tertiary/aromatic N) is 3. The fourth-order valence-electron chi connectivity index (χ4n) is 13.3. The summed E-state index contributed by atoms with van der Waals surface area (Å²) in [6.07, 6.45) is 6.06. The summed E-state index contributed by atoms with van der Waals surface area (Å²) in [6, 6.07) is 50.6. The fourth-order valence-corrected chi connectivity index (χ4v) is 13.6. The van der Waals surface area contributed by atoms with Crippen LogP contribution < -0.4 is 17.0 Å². The third-order valence-electron chi connectivity index (χ3n) is 17.2. The van der Waals surface area contributed by atoms with E-state index in [4.69, 9.17) is 54.7 Å². The zero-order valence-corrected chi connectivity index (χ0v) is 62.2. The zero-order chi connectivity index (χ0) is 73.9. The highest BCUT2D eigenvalue weighted by molar-refractivity contribution is 6.31. The van der Waals surface area contributed by atoms with Crippen LogP contribution in [0.5, 0.6) is 0 Å². The zero-order valence-electron chi connectivity index (χ0n) is 59.9. The maximum Gasteiger partial charge on any atom is 0.344 e. The fraction of sp³-hybridized carbons (Fsp3) is 0.247. The SMILES string of the molecule is CC(=O)C(OC(C)(C)C)c1c(C)c(-c2ccc(=O)[nH]c2)c2ccccc2c1-c1ccc(Cl)cc1.CC(=O)C(OC(C)(C)C)c1c(C)c(-c2cnc(=O)[nH]c2)c2ccccc2c1-c1ccc(Cl)cc1.CC(=O)C(OC(C)(C)C)c1c(C)c(-c2cnc(N)nc2)c2ccccc2c1-c1ccc(Cl)cc1. The third kappa shape index (κ3) is 16.9. The van der Waals surface area contributed by atoms with Crippen LogP contribution in [0.3, 0.4) is 0 Å². The van der Waals surface area contributed by atoms with Crippen molar-refractivity contribution in [3.8, 4) is 66.8 Å². The van der Waals surface area contributed by atoms with Gasteiger partial charge in [0.1, 0.15) is 18.3 Å². The molecule has 0 bridgehead atoms. The van der Waals surface area contributed by atoms with Crippen molar-refractivity contribution in [3.63, 3.8) is 0 Å². The number of carbonyl (C=O) groups is 3. The highest BCUT2D eigenvalue weighted by Gasteiger charge is 2.35. The number of ether oxygens (including phenoxy) is 3. The molecule has 0 saturated carbocycles. The van der Waals surface area contributed by atoms with Gasteiger partial charge in [-0.25, -0.2) is 19.7 Å². The lowest BCUT2D eigenvalue weighted by atomic mass is 9.81. The molecule has 17 heteroatoms. The largest absolute Gasteiger partial charge is 0.368 e. The maximum absolute atomic E-state index is 13.1. The monoisotopic (exact) mass is 1420 g/mol. The number of aromatic nitrogens is 5. The van der Waals surface area contributed by atoms with Gasteiger partial charge < -0.3 is 29.9 Å². The minimum atomic E-state index is -0.787. The number of fused-ring (bicyclic) bond motifs is 3. The van der Waals surface area contributed by atoms with Gasteiger partial charge in [0.2, 0.25) is 11.5 Å². The van der Waals surface area contributed by atoms with Gasteiger partial charge in [-0.1, -0.05) is 144 Å². The number of benzene rings is 9. The Hall–Kier alpha value is -9.77. The van der Waals surface area contributed by atoms with E-state index in [1.54, 1.807) is 51.8 Å². The van der Waals surface area contributed by atoms with Gasteiger partial charge in [0.15, 0.2) is 17.3 Å². The molecule has 102 heavy (non-hydrogen) atoms. The van der Waals surface area contributed by atoms with Gasteiger partial charge in [-0.15, -0.1) is 0 Å². The number of halogens is 3. The molecule has 12 aromatic rings. The molecule has 3 heterocycles. The lowest BCUT2D eigenvalue weighted by Gasteiger charge is -2.31. The van der Waals surface area contributed by atoms with Crippen molar-refractivity contribution in [3.05, 3.63) is 258 Å². The van der Waals surface area contributed by atoms with Gasteiger partial charge in [0.05, 0.1) is 16.8 Å². The number of hydrogen-bond donors (Lipinski definition) is 3. The van der Waals surface area contributed by atoms with Gasteiger partial charge in [-0.2, -0.15) is 0 Å². The van der Waals surface area contributed by atoms with Crippen molar-refractivity contribution in [2.45, 2.75) is 139 Å². The first-order chi connectivity index (χ1) is 48.2. The van der Waals surface area contributed by atoms with Gasteiger partial charge in [-0.05, 0) is 251 Å². The quantitative estimate of drug-likeness (QED) is 0.0876. The van der Waals surface area contributed by atoms with Crippen molar-refractivity contribution in [2.24, 2.45) is 0 Å². The number of carbonyl (C=O) groups excluding carboxylic acids is 3. The van der Waals surface area contributed by atoms with Crippen molar-refractivity contribution >= 4 is 90.4 Å². The standard InChI is InChI=1S/C29H28ClNO3.C28H28ClN3O2.C28H27ClN2O3/c1-17-25(20-12-15-24(33)31-16-20)22-8-6-7-9-23(22)27(19-10-13-21(30)14-11-19)26(17)28(18(2)32)34-29(3,4)5;1-16-23(19-14-31-27(30)32-15-19)21-8-6-7-9-22(21)25(18-10-12-20(29)13-11-18)24(16)26(17(2)33)34-28(3,4)5;1-16-23(19-14-30-27(33)31-15-19)21-8-6-7-9-22(21)25(18-10-12-20(29)13-11-18)24(16)26(17(2)32)34-28(3,4)5/h6-16,28H,1-5H3,(H,31,33);6-15,26H,1-5H3,(H2,30,31,32);6-15,26H,1-5H3,(H,30,31,33). The lowest BCUT2D eigenvalue weighted by molar-refractivity contribution is -0.139. The first-order valence-corrected chi connectivity index (χ1v) is 34.6. The highest BCUT2D eigenvalue weighted by Crippen LogP contribution is 2.50. The molecule has 12 rings (SSSR count). The van der Waals surface area contributed by atoms with Crippen LogP contribution in [0.15, 0.2) is 198 Å². The van der Waals surface area contributed by atoms with Crippen LogP contribution in [0, 0.1) is 20.8 Å². The van der Waals surface area contributed by atoms with E-state index in [1.807, 2.05) is 210 Å². The molecule has 0 radical (unpaired) electrons. The first-order valence-electron chi connectivity index (χ1n) is 33.5. The molecule has 3 aromatic heterocycles.